The zero-order valence-electron chi connectivity index (χ0n) is 63.9. The smallest absolute Gasteiger partial charge is 0.326 e. The number of rotatable bonds is 45. The minimum atomic E-state index is -1.97. The first-order chi connectivity index (χ1) is 54.4. The van der Waals surface area contributed by atoms with Crippen LogP contribution in [0.5, 0.6) is 0 Å². The largest absolute Gasteiger partial charge is 0.481 e. The molecule has 616 valence electrons. The summed E-state index contributed by atoms with van der Waals surface area (Å²) in [7, 11) is 0. The van der Waals surface area contributed by atoms with Gasteiger partial charge in [0.25, 0.3) is 5.91 Å². The van der Waals surface area contributed by atoms with Gasteiger partial charge in [-0.25, -0.2) is 4.79 Å². The Morgan fingerprint density at radius 1 is 0.452 bits per heavy atom. The van der Waals surface area contributed by atoms with E-state index in [1.54, 1.807) is 0 Å². The van der Waals surface area contributed by atoms with Crippen LogP contribution in [0.2, 0.25) is 0 Å². The standard InChI is InChI=1S/C76H99N21O18/c1-75(2)54(96(34-30-61(103)104)52-28-26-42-17-10-12-19-44(42)64(52)75)24-8-6-5-7-9-25-55-76(3,4)65-45-20-13-11-18-43(45)27-29-53(65)97(55)41-60(102)90-46(21-14-31-84-72(78)79)66(109)87-38-57(99)91-49(36-62(105)106)69(112)94-47(22-15-32-85-73(80)81)67(110)88-39-58(100)92-50(37-63(107)108)70(113)95-48(23-16-33-86-74(82)83)68(111)89-40-59(101)93-51(71(114)115)35-56(77)98/h5-13,17-20,24-29,46-51H,14-16,21-23,30-41H2,1-4H3,(H26-,77,78,79,80,81,82,83,84,85,86,87,88,89,90,91,92,93,94,95,98,99,100,101,102,103,104,105,106,107,108,109,110,111,112,113,114,115)/p+1/t46-,47-,48-,49+,50+,51+/m0/s1. The Morgan fingerprint density at radius 2 is 0.870 bits per heavy atom. The van der Waals surface area contributed by atoms with Gasteiger partial charge in [0.2, 0.25) is 65.4 Å². The van der Waals surface area contributed by atoms with Crippen molar-refractivity contribution in [3.05, 3.63) is 132 Å². The number of carboxylic acid groups (broad SMARTS) is 4. The van der Waals surface area contributed by atoms with Crippen LogP contribution in [-0.2, 0) is 78.0 Å². The molecule has 0 spiro atoms. The number of carbonyl (C=O) groups is 14. The Bertz CT molecular complexity index is 4610. The third-order valence-electron chi connectivity index (χ3n) is 18.4. The van der Waals surface area contributed by atoms with Crippen LogP contribution in [0.15, 0.2) is 136 Å². The maximum absolute atomic E-state index is 14.6. The maximum Gasteiger partial charge on any atom is 0.326 e. The van der Waals surface area contributed by atoms with Crippen LogP contribution < -0.4 is 92.9 Å². The van der Waals surface area contributed by atoms with Crippen LogP contribution in [0.1, 0.15) is 103 Å². The van der Waals surface area contributed by atoms with E-state index in [-0.39, 0.29) is 95.5 Å². The highest BCUT2D eigenvalue weighted by Crippen LogP contribution is 2.51. The number of aliphatic imine (C=N–C) groups is 3. The molecule has 10 amide bonds. The number of carboxylic acids is 4. The number of allylic oxidation sites excluding steroid dienone is 8. The minimum Gasteiger partial charge on any atom is -0.481 e. The third-order valence-corrected chi connectivity index (χ3v) is 18.4. The second-order valence-corrected chi connectivity index (χ2v) is 27.9. The molecule has 0 aliphatic carbocycles. The quantitative estimate of drug-likeness (QED) is 0.00716. The molecule has 2 aliphatic heterocycles. The molecule has 2 heterocycles. The summed E-state index contributed by atoms with van der Waals surface area (Å²) in [5.74, 6) is -17.5. The van der Waals surface area contributed by atoms with E-state index in [9.17, 15) is 87.5 Å². The van der Waals surface area contributed by atoms with E-state index in [1.807, 2.05) is 133 Å². The number of benzene rings is 4. The van der Waals surface area contributed by atoms with Crippen LogP contribution in [-0.4, -0.2) is 220 Å². The van der Waals surface area contributed by atoms with Crippen molar-refractivity contribution in [2.75, 3.05) is 57.3 Å². The van der Waals surface area contributed by atoms with E-state index < -0.39 is 169 Å². The van der Waals surface area contributed by atoms with Gasteiger partial charge in [-0.05, 0) is 97.7 Å². The molecule has 39 nitrogen and oxygen atoms in total. The lowest BCUT2D eigenvalue weighted by molar-refractivity contribution is -0.425. The normalized spacial score (nSPS) is 15.0. The monoisotopic (exact) mass is 1590 g/mol. The summed E-state index contributed by atoms with van der Waals surface area (Å²) in [4.78, 5) is 196. The van der Waals surface area contributed by atoms with Crippen molar-refractivity contribution >= 4 is 139 Å². The zero-order chi connectivity index (χ0) is 84.9. The molecular weight excluding hydrogens is 1490 g/mol. The van der Waals surface area contributed by atoms with E-state index in [0.717, 1.165) is 44.1 Å². The lowest BCUT2D eigenvalue weighted by atomic mass is 9.79. The Hall–Kier alpha value is -13.8. The lowest BCUT2D eigenvalue weighted by Crippen LogP contribution is -2.57. The van der Waals surface area contributed by atoms with Gasteiger partial charge in [0.15, 0.2) is 23.6 Å². The third kappa shape index (κ3) is 27.0. The number of hydrogen-bond donors (Lipinski definition) is 20. The molecule has 6 rings (SSSR count). The molecule has 6 atom stereocenters. The maximum atomic E-state index is 14.6. The van der Waals surface area contributed by atoms with Crippen molar-refractivity contribution in [2.24, 2.45) is 55.1 Å². The second kappa shape index (κ2) is 42.6. The van der Waals surface area contributed by atoms with Crippen molar-refractivity contribution in [1.82, 2.24) is 47.9 Å². The summed E-state index contributed by atoms with van der Waals surface area (Å²) >= 11 is 0. The number of nitrogens with one attached hydrogen (secondary N) is 9. The SMILES string of the molecule is CC1(C)C(/C=C/C=C/C=C/C=C2/N(CCC(=O)O)c3ccc4ccccc4c3C2(C)C)=[N+](CC(=O)N[C@@H](CCCN=C(N)N)C(=O)NCC(=O)N[C@H](CC(=O)O)C(=O)N[C@@H](CCCN=C(N)N)C(=O)NCC(=O)N[C@H](CC(=O)O)C(=O)N[C@@H](CCCN=C(N)N)C(=O)NCC(=O)N[C@H](CC(N)=O)C(=O)O)c2ccc3ccccc3c21. The fraction of sp³-hybridized carbons (Fsp3) is 0.395. The molecule has 0 aromatic heterocycles. The van der Waals surface area contributed by atoms with Gasteiger partial charge in [0, 0.05) is 60.7 Å². The zero-order valence-corrected chi connectivity index (χ0v) is 63.9. The van der Waals surface area contributed by atoms with Gasteiger partial charge in [0.1, 0.15) is 36.3 Å². The molecule has 4 aromatic rings. The molecule has 0 saturated carbocycles. The summed E-state index contributed by atoms with van der Waals surface area (Å²) in [6.45, 7) is 5.22. The van der Waals surface area contributed by atoms with E-state index >= 15 is 0 Å². The van der Waals surface area contributed by atoms with E-state index in [1.165, 1.54) is 0 Å². The summed E-state index contributed by atoms with van der Waals surface area (Å²) in [5, 5.41) is 63.3. The number of hydrogen-bond acceptors (Lipinski definition) is 18. The van der Waals surface area contributed by atoms with Gasteiger partial charge < -0.3 is 113 Å². The van der Waals surface area contributed by atoms with Gasteiger partial charge in [-0.15, -0.1) is 0 Å². The predicted molar refractivity (Wildman–Crippen MR) is 425 cm³/mol. The van der Waals surface area contributed by atoms with Crippen LogP contribution in [0, 0.1) is 0 Å². The van der Waals surface area contributed by atoms with E-state index in [2.05, 4.69) is 82.3 Å². The lowest BCUT2D eigenvalue weighted by Gasteiger charge is -2.26. The van der Waals surface area contributed by atoms with Gasteiger partial charge >= 0.3 is 23.9 Å². The summed E-state index contributed by atoms with van der Waals surface area (Å²) < 4.78 is 1.84. The Kier molecular flexibility index (Phi) is 33.4. The molecule has 4 aromatic carbocycles. The summed E-state index contributed by atoms with van der Waals surface area (Å²) in [6.07, 6.45) is 9.45. The first kappa shape index (κ1) is 90.1. The highest BCUT2D eigenvalue weighted by Gasteiger charge is 2.47. The molecule has 39 heteroatoms. The first-order valence-corrected chi connectivity index (χ1v) is 36.5. The fourth-order valence-corrected chi connectivity index (χ4v) is 13.2. The number of primary amides is 1. The van der Waals surface area contributed by atoms with Gasteiger partial charge in [0.05, 0.1) is 50.7 Å². The number of carbonyl (C=O) groups excluding carboxylic acids is 10. The summed E-state index contributed by atoms with van der Waals surface area (Å²) in [6, 6.07) is 13.5. The molecule has 0 saturated heterocycles. The van der Waals surface area contributed by atoms with Crippen molar-refractivity contribution in [1.29, 1.82) is 0 Å². The number of nitrogens with zero attached hydrogens (tertiary/aromatic N) is 5. The second-order valence-electron chi connectivity index (χ2n) is 27.9. The van der Waals surface area contributed by atoms with Crippen molar-refractivity contribution < 1.29 is 92.1 Å². The average molecular weight is 1600 g/mol. The Morgan fingerprint density at radius 3 is 1.31 bits per heavy atom. The first-order valence-electron chi connectivity index (χ1n) is 36.5. The molecule has 0 bridgehead atoms. The molecular formula is C76H100N21O18+. The van der Waals surface area contributed by atoms with Crippen LogP contribution in [0.4, 0.5) is 11.4 Å². The number of anilines is 1. The molecule has 27 N–H and O–H groups in total. The highest BCUT2D eigenvalue weighted by atomic mass is 16.4. The van der Waals surface area contributed by atoms with Gasteiger partial charge in [-0.2, -0.15) is 4.58 Å². The van der Waals surface area contributed by atoms with Crippen LogP contribution in [0.25, 0.3) is 21.5 Å². The Balaban J connectivity index is 1.15. The number of fused-ring (bicyclic) bond motifs is 6. The van der Waals surface area contributed by atoms with Crippen molar-refractivity contribution in [2.45, 2.75) is 139 Å². The number of guanidine groups is 3. The predicted octanol–water partition coefficient (Wildman–Crippen LogP) is -2.48. The minimum absolute atomic E-state index is 0.0185. The van der Waals surface area contributed by atoms with Gasteiger partial charge in [-0.1, -0.05) is 98.8 Å². The molecule has 0 radical (unpaired) electrons. The summed E-state index contributed by atoms with van der Waals surface area (Å²) in [5.41, 5.74) is 42.1. The van der Waals surface area contributed by atoms with Crippen LogP contribution in [0.3, 0.4) is 0 Å². The van der Waals surface area contributed by atoms with Gasteiger partial charge in [-0.3, -0.25) is 77.3 Å². The highest BCUT2D eigenvalue weighted by molar-refractivity contribution is 6.08. The van der Waals surface area contributed by atoms with E-state index in [0.29, 0.717) is 11.4 Å². The molecule has 0 unspecified atom stereocenters. The number of aliphatic carboxylic acids is 4. The van der Waals surface area contributed by atoms with Crippen molar-refractivity contribution in [3.8, 4) is 0 Å². The average Bonchev–Trinajstić information content (AvgIpc) is 1.58. The van der Waals surface area contributed by atoms with E-state index in [4.69, 9.17) is 40.1 Å². The van der Waals surface area contributed by atoms with Crippen molar-refractivity contribution in [3.63, 3.8) is 0 Å². The van der Waals surface area contributed by atoms with Crippen LogP contribution >= 0.6 is 0 Å². The number of nitrogens with two attached hydrogens (primary N) is 7. The molecule has 0 fully saturated rings. The topological polar surface area (TPSA) is 654 Å². The molecule has 2 aliphatic rings. The molecule has 115 heavy (non-hydrogen) atoms. The number of amides is 10. The fourth-order valence-electron chi connectivity index (χ4n) is 13.2. The Labute approximate surface area is 660 Å².